The fourth-order valence-electron chi connectivity index (χ4n) is 2.09. The zero-order valence-corrected chi connectivity index (χ0v) is 10.1. The smallest absolute Gasteiger partial charge is 0.330 e. The van der Waals surface area contributed by atoms with Gasteiger partial charge in [0.05, 0.1) is 6.54 Å². The van der Waals surface area contributed by atoms with Crippen LogP contribution in [0.5, 0.6) is 0 Å². The Balaban J connectivity index is 2.10. The van der Waals surface area contributed by atoms with Crippen LogP contribution in [0.3, 0.4) is 0 Å². The van der Waals surface area contributed by atoms with Crippen LogP contribution >= 0.6 is 0 Å². The van der Waals surface area contributed by atoms with Crippen LogP contribution in [0.25, 0.3) is 0 Å². The van der Waals surface area contributed by atoms with Gasteiger partial charge in [0, 0.05) is 19.6 Å². The SMILES string of the molecule is CC(CN)CN1CCn2c(nnc2C(F)(F)F)C1. The minimum atomic E-state index is -4.43. The lowest BCUT2D eigenvalue weighted by Crippen LogP contribution is -2.39. The monoisotopic (exact) mass is 263 g/mol. The molecule has 102 valence electrons. The number of nitrogens with two attached hydrogens (primary N) is 1. The van der Waals surface area contributed by atoms with Gasteiger partial charge in [0.25, 0.3) is 0 Å². The Labute approximate surface area is 103 Å². The zero-order valence-electron chi connectivity index (χ0n) is 10.1. The van der Waals surface area contributed by atoms with E-state index in [1.54, 1.807) is 0 Å². The van der Waals surface area contributed by atoms with Crippen LogP contribution in [0.2, 0.25) is 0 Å². The average molecular weight is 263 g/mol. The van der Waals surface area contributed by atoms with Gasteiger partial charge in [0.2, 0.25) is 5.82 Å². The number of hydrogen-bond donors (Lipinski definition) is 1. The summed E-state index contributed by atoms with van der Waals surface area (Å²) in [6.45, 7) is 4.59. The summed E-state index contributed by atoms with van der Waals surface area (Å²) in [7, 11) is 0. The number of alkyl halides is 3. The van der Waals surface area contributed by atoms with Crippen molar-refractivity contribution in [2.45, 2.75) is 26.2 Å². The van der Waals surface area contributed by atoms with Crippen LogP contribution in [0.4, 0.5) is 13.2 Å². The molecular weight excluding hydrogens is 247 g/mol. The summed E-state index contributed by atoms with van der Waals surface area (Å²) in [5, 5.41) is 6.87. The van der Waals surface area contributed by atoms with E-state index in [0.29, 0.717) is 31.4 Å². The topological polar surface area (TPSA) is 60.0 Å². The number of hydrogen-bond acceptors (Lipinski definition) is 4. The van der Waals surface area contributed by atoms with Crippen molar-refractivity contribution in [3.8, 4) is 0 Å². The van der Waals surface area contributed by atoms with E-state index in [9.17, 15) is 13.2 Å². The maximum absolute atomic E-state index is 12.6. The first-order chi connectivity index (χ1) is 8.41. The van der Waals surface area contributed by atoms with Crippen LogP contribution in [-0.2, 0) is 19.3 Å². The third kappa shape index (κ3) is 2.64. The molecule has 1 atom stereocenters. The zero-order chi connectivity index (χ0) is 13.3. The van der Waals surface area contributed by atoms with Gasteiger partial charge in [-0.25, -0.2) is 0 Å². The molecule has 1 aromatic rings. The number of fused-ring (bicyclic) bond motifs is 1. The molecule has 5 nitrogen and oxygen atoms in total. The molecule has 1 unspecified atom stereocenters. The van der Waals surface area contributed by atoms with E-state index >= 15 is 0 Å². The predicted molar refractivity (Wildman–Crippen MR) is 58.5 cm³/mol. The lowest BCUT2D eigenvalue weighted by atomic mass is 10.1. The molecule has 18 heavy (non-hydrogen) atoms. The van der Waals surface area contributed by atoms with Crippen LogP contribution in [0, 0.1) is 5.92 Å². The molecule has 0 bridgehead atoms. The molecular formula is C10H16F3N5. The minimum absolute atomic E-state index is 0.272. The molecule has 2 heterocycles. The molecule has 1 aromatic heterocycles. The number of aromatic nitrogens is 3. The molecule has 0 fully saturated rings. The molecule has 0 radical (unpaired) electrons. The average Bonchev–Trinajstić information content (AvgIpc) is 2.71. The van der Waals surface area contributed by atoms with Crippen molar-refractivity contribution in [1.82, 2.24) is 19.7 Å². The highest BCUT2D eigenvalue weighted by atomic mass is 19.4. The molecule has 8 heteroatoms. The summed E-state index contributed by atoms with van der Waals surface area (Å²) in [4.78, 5) is 2.06. The summed E-state index contributed by atoms with van der Waals surface area (Å²) in [6, 6.07) is 0. The fourth-order valence-corrected chi connectivity index (χ4v) is 2.09. The van der Waals surface area contributed by atoms with Gasteiger partial charge in [-0.15, -0.1) is 10.2 Å². The Bertz CT molecular complexity index is 414. The molecule has 0 spiro atoms. The normalized spacial score (nSPS) is 18.7. The summed E-state index contributed by atoms with van der Waals surface area (Å²) in [5.74, 6) is -0.205. The quantitative estimate of drug-likeness (QED) is 0.872. The fraction of sp³-hybridized carbons (Fsp3) is 0.800. The van der Waals surface area contributed by atoms with Crippen molar-refractivity contribution in [2.24, 2.45) is 11.7 Å². The van der Waals surface area contributed by atoms with Gasteiger partial charge in [0.15, 0.2) is 0 Å². The maximum atomic E-state index is 12.6. The van der Waals surface area contributed by atoms with Crippen LogP contribution < -0.4 is 5.73 Å². The van der Waals surface area contributed by atoms with E-state index in [1.165, 1.54) is 0 Å². The first-order valence-electron chi connectivity index (χ1n) is 5.83. The molecule has 1 aliphatic heterocycles. The molecule has 1 aliphatic rings. The van der Waals surface area contributed by atoms with Crippen molar-refractivity contribution in [3.63, 3.8) is 0 Å². The summed E-state index contributed by atoms with van der Waals surface area (Å²) < 4.78 is 39.0. The Kier molecular flexibility index (Phi) is 3.58. The highest BCUT2D eigenvalue weighted by Gasteiger charge is 2.39. The lowest BCUT2D eigenvalue weighted by molar-refractivity contribution is -0.148. The third-order valence-corrected chi connectivity index (χ3v) is 3.06. The Morgan fingerprint density at radius 3 is 2.67 bits per heavy atom. The molecule has 0 amide bonds. The summed E-state index contributed by atoms with van der Waals surface area (Å²) in [6.07, 6.45) is -4.43. The molecule has 0 saturated heterocycles. The molecule has 2 N–H and O–H groups in total. The standard InChI is InChI=1S/C10H16F3N5/c1-7(4-14)5-17-2-3-18-8(6-17)15-16-9(18)10(11,12)13/h7H,2-6,14H2,1H3. The maximum Gasteiger partial charge on any atom is 0.451 e. The lowest BCUT2D eigenvalue weighted by Gasteiger charge is -2.29. The van der Waals surface area contributed by atoms with Crippen molar-refractivity contribution in [1.29, 1.82) is 0 Å². The van der Waals surface area contributed by atoms with Crippen molar-refractivity contribution >= 4 is 0 Å². The second-order valence-electron chi connectivity index (χ2n) is 4.67. The van der Waals surface area contributed by atoms with Crippen molar-refractivity contribution in [2.75, 3.05) is 19.6 Å². The van der Waals surface area contributed by atoms with Gasteiger partial charge in [-0.3, -0.25) is 4.90 Å². The van der Waals surface area contributed by atoms with Crippen LogP contribution in [-0.4, -0.2) is 39.3 Å². The third-order valence-electron chi connectivity index (χ3n) is 3.06. The minimum Gasteiger partial charge on any atom is -0.330 e. The Morgan fingerprint density at radius 1 is 1.33 bits per heavy atom. The second-order valence-corrected chi connectivity index (χ2v) is 4.67. The molecule has 0 aliphatic carbocycles. The number of nitrogens with zero attached hydrogens (tertiary/aromatic N) is 4. The number of halogens is 3. The van der Waals surface area contributed by atoms with Crippen molar-refractivity contribution in [3.05, 3.63) is 11.6 Å². The first-order valence-corrected chi connectivity index (χ1v) is 5.83. The van der Waals surface area contributed by atoms with Crippen LogP contribution in [0.15, 0.2) is 0 Å². The highest BCUT2D eigenvalue weighted by molar-refractivity contribution is 5.02. The van der Waals surface area contributed by atoms with Gasteiger partial charge in [-0.05, 0) is 12.5 Å². The van der Waals surface area contributed by atoms with Crippen LogP contribution in [0.1, 0.15) is 18.6 Å². The molecule has 2 rings (SSSR count). The second kappa shape index (κ2) is 4.85. The van der Waals surface area contributed by atoms with Gasteiger partial charge in [-0.1, -0.05) is 6.92 Å². The van der Waals surface area contributed by atoms with Crippen molar-refractivity contribution < 1.29 is 13.2 Å². The van der Waals surface area contributed by atoms with Gasteiger partial charge in [0.1, 0.15) is 5.82 Å². The highest BCUT2D eigenvalue weighted by Crippen LogP contribution is 2.29. The summed E-state index contributed by atoms with van der Waals surface area (Å²) >= 11 is 0. The Morgan fingerprint density at radius 2 is 2.06 bits per heavy atom. The van der Waals surface area contributed by atoms with E-state index in [1.807, 2.05) is 6.92 Å². The van der Waals surface area contributed by atoms with E-state index < -0.39 is 12.0 Å². The predicted octanol–water partition coefficient (Wildman–Crippen LogP) is 0.707. The van der Waals surface area contributed by atoms with E-state index in [4.69, 9.17) is 5.73 Å². The largest absolute Gasteiger partial charge is 0.451 e. The molecule has 0 aromatic carbocycles. The summed E-state index contributed by atoms with van der Waals surface area (Å²) in [5.41, 5.74) is 5.54. The first kappa shape index (κ1) is 13.3. The van der Waals surface area contributed by atoms with Gasteiger partial charge in [-0.2, -0.15) is 13.2 Å². The van der Waals surface area contributed by atoms with Gasteiger partial charge < -0.3 is 10.3 Å². The van der Waals surface area contributed by atoms with E-state index in [2.05, 4.69) is 15.1 Å². The Hall–Kier alpha value is -1.15. The van der Waals surface area contributed by atoms with E-state index in [0.717, 1.165) is 11.1 Å². The number of rotatable bonds is 3. The van der Waals surface area contributed by atoms with E-state index in [-0.39, 0.29) is 6.54 Å². The van der Waals surface area contributed by atoms with Gasteiger partial charge >= 0.3 is 6.18 Å². The molecule has 0 saturated carbocycles.